The summed E-state index contributed by atoms with van der Waals surface area (Å²) in [5, 5.41) is 13.1. The van der Waals surface area contributed by atoms with Crippen molar-refractivity contribution < 1.29 is 14.6 Å². The second-order valence-corrected chi connectivity index (χ2v) is 6.36. The highest BCUT2D eigenvalue weighted by atomic mass is 16.6. The molecule has 0 aromatic heterocycles. The maximum absolute atomic E-state index is 9.67. The van der Waals surface area contributed by atoms with Crippen molar-refractivity contribution in [2.75, 3.05) is 19.8 Å². The third kappa shape index (κ3) is 4.08. The van der Waals surface area contributed by atoms with Gasteiger partial charge in [-0.3, -0.25) is 0 Å². The number of benzene rings is 2. The van der Waals surface area contributed by atoms with E-state index in [0.717, 1.165) is 23.5 Å². The van der Waals surface area contributed by atoms with Gasteiger partial charge in [-0.1, -0.05) is 24.3 Å². The molecule has 0 fully saturated rings. The number of aliphatic hydroxyl groups excluding tert-OH is 1. The highest BCUT2D eigenvalue weighted by Gasteiger charge is 2.13. The minimum atomic E-state index is 0.0281. The van der Waals surface area contributed by atoms with Crippen molar-refractivity contribution in [2.24, 2.45) is 0 Å². The molecule has 1 aliphatic rings. The molecule has 4 nitrogen and oxygen atoms in total. The summed E-state index contributed by atoms with van der Waals surface area (Å²) in [6, 6.07) is 12.5. The Morgan fingerprint density at radius 2 is 1.71 bits per heavy atom. The van der Waals surface area contributed by atoms with Gasteiger partial charge in [0.25, 0.3) is 0 Å². The van der Waals surface area contributed by atoms with Gasteiger partial charge < -0.3 is 19.9 Å². The Morgan fingerprint density at radius 1 is 0.958 bits per heavy atom. The molecule has 3 rings (SSSR count). The molecule has 1 aliphatic heterocycles. The molecule has 1 heterocycles. The standard InChI is InChI=1S/C20H25NO3/c1-14-3-4-16(9-15(14)2)10-18(13-22)21-12-17-5-6-19-20(11-17)24-8-7-23-19/h3-6,9,11,18,21-22H,7-8,10,12-13H2,1-2H3. The zero-order valence-corrected chi connectivity index (χ0v) is 14.3. The number of fused-ring (bicyclic) bond motifs is 1. The van der Waals surface area contributed by atoms with Crippen LogP contribution in [0.25, 0.3) is 0 Å². The SMILES string of the molecule is Cc1ccc(CC(CO)NCc2ccc3c(c2)OCCO3)cc1C. The lowest BCUT2D eigenvalue weighted by molar-refractivity contribution is 0.171. The van der Waals surface area contributed by atoms with Crippen LogP contribution < -0.4 is 14.8 Å². The molecular formula is C20H25NO3. The Morgan fingerprint density at radius 3 is 2.46 bits per heavy atom. The van der Waals surface area contributed by atoms with Crippen molar-refractivity contribution in [1.29, 1.82) is 0 Å². The van der Waals surface area contributed by atoms with Crippen LogP contribution in [0.5, 0.6) is 11.5 Å². The van der Waals surface area contributed by atoms with Crippen molar-refractivity contribution >= 4 is 0 Å². The molecule has 0 aliphatic carbocycles. The van der Waals surface area contributed by atoms with E-state index in [1.54, 1.807) is 0 Å². The molecule has 4 heteroatoms. The zero-order valence-electron chi connectivity index (χ0n) is 14.3. The molecule has 0 saturated carbocycles. The van der Waals surface area contributed by atoms with Gasteiger partial charge in [-0.15, -0.1) is 0 Å². The summed E-state index contributed by atoms with van der Waals surface area (Å²) in [5.41, 5.74) is 4.95. The van der Waals surface area contributed by atoms with Gasteiger partial charge in [0.1, 0.15) is 13.2 Å². The third-order valence-corrected chi connectivity index (χ3v) is 4.48. The predicted octanol–water partition coefficient (Wildman–Crippen LogP) is 2.77. The number of hydrogen-bond donors (Lipinski definition) is 2. The summed E-state index contributed by atoms with van der Waals surface area (Å²) in [6.45, 7) is 6.23. The molecule has 0 amide bonds. The van der Waals surface area contributed by atoms with E-state index in [1.807, 2.05) is 18.2 Å². The second kappa shape index (κ2) is 7.69. The van der Waals surface area contributed by atoms with Crippen molar-refractivity contribution in [1.82, 2.24) is 5.32 Å². The fourth-order valence-corrected chi connectivity index (χ4v) is 2.88. The highest BCUT2D eigenvalue weighted by molar-refractivity contribution is 5.43. The predicted molar refractivity (Wildman–Crippen MR) is 94.8 cm³/mol. The third-order valence-electron chi connectivity index (χ3n) is 4.48. The summed E-state index contributed by atoms with van der Waals surface area (Å²) in [5.74, 6) is 1.61. The van der Waals surface area contributed by atoms with E-state index in [0.29, 0.717) is 19.8 Å². The summed E-state index contributed by atoms with van der Waals surface area (Å²) >= 11 is 0. The van der Waals surface area contributed by atoms with Crippen molar-refractivity contribution in [3.8, 4) is 11.5 Å². The largest absolute Gasteiger partial charge is 0.486 e. The maximum Gasteiger partial charge on any atom is 0.161 e. The normalized spacial score (nSPS) is 14.5. The van der Waals surface area contributed by atoms with Crippen LogP contribution in [0.3, 0.4) is 0 Å². The molecule has 24 heavy (non-hydrogen) atoms. The Hall–Kier alpha value is -2.04. The number of aryl methyl sites for hydroxylation is 2. The van der Waals surface area contributed by atoms with Crippen LogP contribution in [0.2, 0.25) is 0 Å². The highest BCUT2D eigenvalue weighted by Crippen LogP contribution is 2.30. The van der Waals surface area contributed by atoms with Crippen LogP contribution in [-0.4, -0.2) is 31.0 Å². The first kappa shape index (κ1) is 16.8. The summed E-state index contributed by atoms with van der Waals surface area (Å²) in [4.78, 5) is 0. The first-order valence-electron chi connectivity index (χ1n) is 8.44. The molecule has 2 N–H and O–H groups in total. The number of ether oxygens (including phenoxy) is 2. The van der Waals surface area contributed by atoms with E-state index in [2.05, 4.69) is 37.4 Å². The first-order valence-corrected chi connectivity index (χ1v) is 8.44. The smallest absolute Gasteiger partial charge is 0.161 e. The van der Waals surface area contributed by atoms with E-state index in [-0.39, 0.29) is 12.6 Å². The van der Waals surface area contributed by atoms with Crippen LogP contribution in [0.15, 0.2) is 36.4 Å². The molecule has 128 valence electrons. The van der Waals surface area contributed by atoms with E-state index in [4.69, 9.17) is 9.47 Å². The molecule has 0 spiro atoms. The molecule has 0 bridgehead atoms. The second-order valence-electron chi connectivity index (χ2n) is 6.36. The average molecular weight is 327 g/mol. The summed E-state index contributed by atoms with van der Waals surface area (Å²) in [7, 11) is 0. The fourth-order valence-electron chi connectivity index (χ4n) is 2.88. The Labute approximate surface area is 143 Å². The van der Waals surface area contributed by atoms with E-state index < -0.39 is 0 Å². The maximum atomic E-state index is 9.67. The minimum absolute atomic E-state index is 0.0281. The minimum Gasteiger partial charge on any atom is -0.486 e. The average Bonchev–Trinajstić information content (AvgIpc) is 2.61. The van der Waals surface area contributed by atoms with Crippen molar-refractivity contribution in [3.63, 3.8) is 0 Å². The monoisotopic (exact) mass is 327 g/mol. The molecule has 0 radical (unpaired) electrons. The Kier molecular flexibility index (Phi) is 5.38. The van der Waals surface area contributed by atoms with Gasteiger partial charge in [0.15, 0.2) is 11.5 Å². The van der Waals surface area contributed by atoms with Gasteiger partial charge in [-0.25, -0.2) is 0 Å². The van der Waals surface area contributed by atoms with Gasteiger partial charge in [0, 0.05) is 12.6 Å². The number of nitrogens with one attached hydrogen (secondary N) is 1. The van der Waals surface area contributed by atoms with E-state index >= 15 is 0 Å². The van der Waals surface area contributed by atoms with Crippen LogP contribution in [0.4, 0.5) is 0 Å². The molecule has 1 unspecified atom stereocenters. The fraction of sp³-hybridized carbons (Fsp3) is 0.400. The summed E-state index contributed by atoms with van der Waals surface area (Å²) in [6.07, 6.45) is 0.808. The molecule has 1 atom stereocenters. The Bertz CT molecular complexity index is 699. The zero-order chi connectivity index (χ0) is 16.9. The lowest BCUT2D eigenvalue weighted by Crippen LogP contribution is -2.34. The van der Waals surface area contributed by atoms with Gasteiger partial charge in [0.2, 0.25) is 0 Å². The van der Waals surface area contributed by atoms with Crippen LogP contribution in [0, 0.1) is 13.8 Å². The van der Waals surface area contributed by atoms with Gasteiger partial charge >= 0.3 is 0 Å². The first-order chi connectivity index (χ1) is 11.7. The lowest BCUT2D eigenvalue weighted by atomic mass is 10.0. The summed E-state index contributed by atoms with van der Waals surface area (Å²) < 4.78 is 11.2. The number of hydrogen-bond acceptors (Lipinski definition) is 4. The number of aliphatic hydroxyl groups is 1. The van der Waals surface area contributed by atoms with Crippen molar-refractivity contribution in [3.05, 3.63) is 58.7 Å². The quantitative estimate of drug-likeness (QED) is 0.857. The topological polar surface area (TPSA) is 50.7 Å². The Balaban J connectivity index is 1.60. The van der Waals surface area contributed by atoms with Crippen LogP contribution >= 0.6 is 0 Å². The number of rotatable bonds is 6. The van der Waals surface area contributed by atoms with Gasteiger partial charge in [-0.2, -0.15) is 0 Å². The molecular weight excluding hydrogens is 302 g/mol. The van der Waals surface area contributed by atoms with E-state index in [9.17, 15) is 5.11 Å². The lowest BCUT2D eigenvalue weighted by Gasteiger charge is -2.20. The van der Waals surface area contributed by atoms with Gasteiger partial charge in [-0.05, 0) is 54.7 Å². The molecule has 0 saturated heterocycles. The van der Waals surface area contributed by atoms with E-state index in [1.165, 1.54) is 16.7 Å². The van der Waals surface area contributed by atoms with Crippen LogP contribution in [0.1, 0.15) is 22.3 Å². The molecule has 2 aromatic rings. The van der Waals surface area contributed by atoms with Crippen molar-refractivity contribution in [2.45, 2.75) is 32.9 Å². The van der Waals surface area contributed by atoms with Crippen LogP contribution in [-0.2, 0) is 13.0 Å². The molecule has 2 aromatic carbocycles. The van der Waals surface area contributed by atoms with Gasteiger partial charge in [0.05, 0.1) is 6.61 Å².